The number of aromatic nitrogens is 2. The highest BCUT2D eigenvalue weighted by Crippen LogP contribution is 2.19. The molecule has 0 saturated heterocycles. The molecule has 114 valence electrons. The second-order valence-corrected chi connectivity index (χ2v) is 5.56. The van der Waals surface area contributed by atoms with Crippen LogP contribution in [0.2, 0.25) is 0 Å². The first-order chi connectivity index (χ1) is 10.1. The molecule has 21 heavy (non-hydrogen) atoms. The van der Waals surface area contributed by atoms with E-state index in [0.717, 1.165) is 30.5 Å². The zero-order chi connectivity index (χ0) is 15.2. The van der Waals surface area contributed by atoms with Crippen LogP contribution in [0.15, 0.2) is 24.5 Å². The molecule has 0 saturated carbocycles. The molecule has 0 aliphatic heterocycles. The Hall–Kier alpha value is -1.88. The lowest BCUT2D eigenvalue weighted by Crippen LogP contribution is -2.33. The Labute approximate surface area is 125 Å². The van der Waals surface area contributed by atoms with Crippen LogP contribution < -0.4 is 10.6 Å². The van der Waals surface area contributed by atoms with E-state index in [9.17, 15) is 4.79 Å². The highest BCUT2D eigenvalue weighted by atomic mass is 16.2. The Morgan fingerprint density at radius 3 is 2.95 bits per heavy atom. The number of amides is 1. The van der Waals surface area contributed by atoms with Crippen molar-refractivity contribution >= 4 is 16.9 Å². The van der Waals surface area contributed by atoms with E-state index in [2.05, 4.69) is 28.6 Å². The summed E-state index contributed by atoms with van der Waals surface area (Å²) < 4.78 is 1.93. The summed E-state index contributed by atoms with van der Waals surface area (Å²) in [6.07, 6.45) is 4.90. The van der Waals surface area contributed by atoms with Crippen LogP contribution in [0.5, 0.6) is 0 Å². The van der Waals surface area contributed by atoms with Gasteiger partial charge in [-0.05, 0) is 44.5 Å². The first-order valence-electron chi connectivity index (χ1n) is 7.54. The normalized spacial score (nSPS) is 11.2. The van der Waals surface area contributed by atoms with Crippen LogP contribution in [0.4, 0.5) is 0 Å². The van der Waals surface area contributed by atoms with E-state index in [4.69, 9.17) is 0 Å². The van der Waals surface area contributed by atoms with E-state index in [1.807, 2.05) is 30.7 Å². The van der Waals surface area contributed by atoms with Gasteiger partial charge in [0.25, 0.3) is 0 Å². The van der Waals surface area contributed by atoms with E-state index < -0.39 is 0 Å². The Morgan fingerprint density at radius 2 is 2.24 bits per heavy atom. The predicted octanol–water partition coefficient (Wildman–Crippen LogP) is 2.06. The molecular weight excluding hydrogens is 264 g/mol. The molecule has 0 bridgehead atoms. The van der Waals surface area contributed by atoms with Gasteiger partial charge in [-0.3, -0.25) is 4.79 Å². The Balaban J connectivity index is 2.21. The van der Waals surface area contributed by atoms with E-state index in [0.29, 0.717) is 6.54 Å². The maximum absolute atomic E-state index is 12.0. The molecule has 1 amide bonds. The summed E-state index contributed by atoms with van der Waals surface area (Å²) in [6.45, 7) is 8.16. The SMILES string of the molecule is CCCNCc1cn(CC(=O)NC(C)C)c2ncccc12. The van der Waals surface area contributed by atoms with Gasteiger partial charge in [0.15, 0.2) is 0 Å². The highest BCUT2D eigenvalue weighted by molar-refractivity contribution is 5.83. The predicted molar refractivity (Wildman–Crippen MR) is 85.0 cm³/mol. The van der Waals surface area contributed by atoms with Crippen LogP contribution in [0.1, 0.15) is 32.8 Å². The number of pyridine rings is 1. The first-order valence-corrected chi connectivity index (χ1v) is 7.54. The van der Waals surface area contributed by atoms with Gasteiger partial charge in [0.05, 0.1) is 0 Å². The summed E-state index contributed by atoms with van der Waals surface area (Å²) in [6, 6.07) is 4.14. The van der Waals surface area contributed by atoms with Gasteiger partial charge in [0, 0.05) is 30.4 Å². The third-order valence-corrected chi connectivity index (χ3v) is 3.22. The minimum atomic E-state index is 0.0145. The average Bonchev–Trinajstić information content (AvgIpc) is 2.77. The average molecular weight is 288 g/mol. The first kappa shape index (κ1) is 15.5. The molecule has 0 aliphatic carbocycles. The van der Waals surface area contributed by atoms with Gasteiger partial charge in [-0.25, -0.2) is 4.98 Å². The van der Waals surface area contributed by atoms with Crippen molar-refractivity contribution in [3.05, 3.63) is 30.1 Å². The van der Waals surface area contributed by atoms with E-state index in [-0.39, 0.29) is 11.9 Å². The maximum atomic E-state index is 12.0. The highest BCUT2D eigenvalue weighted by Gasteiger charge is 2.12. The number of carbonyl (C=O) groups is 1. The second kappa shape index (κ2) is 7.22. The summed E-state index contributed by atoms with van der Waals surface area (Å²) in [5.74, 6) is 0.0145. The zero-order valence-corrected chi connectivity index (χ0v) is 13.0. The maximum Gasteiger partial charge on any atom is 0.240 e. The third kappa shape index (κ3) is 4.04. The summed E-state index contributed by atoms with van der Waals surface area (Å²) in [5.41, 5.74) is 2.05. The minimum Gasteiger partial charge on any atom is -0.352 e. The zero-order valence-electron chi connectivity index (χ0n) is 13.0. The van der Waals surface area contributed by atoms with Crippen molar-refractivity contribution in [2.75, 3.05) is 6.54 Å². The lowest BCUT2D eigenvalue weighted by Gasteiger charge is -2.09. The van der Waals surface area contributed by atoms with Gasteiger partial charge in [0.2, 0.25) is 5.91 Å². The van der Waals surface area contributed by atoms with Crippen molar-refractivity contribution in [3.8, 4) is 0 Å². The van der Waals surface area contributed by atoms with Gasteiger partial charge in [-0.2, -0.15) is 0 Å². The monoisotopic (exact) mass is 288 g/mol. The molecule has 2 aromatic heterocycles. The third-order valence-electron chi connectivity index (χ3n) is 3.22. The molecule has 0 fully saturated rings. The van der Waals surface area contributed by atoms with Crippen LogP contribution >= 0.6 is 0 Å². The fourth-order valence-electron chi connectivity index (χ4n) is 2.38. The molecule has 5 heteroatoms. The molecule has 2 rings (SSSR count). The quantitative estimate of drug-likeness (QED) is 0.767. The van der Waals surface area contributed by atoms with Crippen LogP contribution in [-0.2, 0) is 17.9 Å². The second-order valence-electron chi connectivity index (χ2n) is 5.56. The van der Waals surface area contributed by atoms with Crippen molar-refractivity contribution in [1.29, 1.82) is 0 Å². The summed E-state index contributed by atoms with van der Waals surface area (Å²) in [7, 11) is 0. The Kier molecular flexibility index (Phi) is 5.33. The molecule has 0 spiro atoms. The molecule has 0 unspecified atom stereocenters. The van der Waals surface area contributed by atoms with Crippen molar-refractivity contribution in [1.82, 2.24) is 20.2 Å². The van der Waals surface area contributed by atoms with E-state index >= 15 is 0 Å². The van der Waals surface area contributed by atoms with Crippen molar-refractivity contribution < 1.29 is 4.79 Å². The topological polar surface area (TPSA) is 59.0 Å². The standard InChI is InChI=1S/C16H24N4O/c1-4-7-17-9-13-10-20(11-15(21)19-12(2)3)16-14(13)6-5-8-18-16/h5-6,8,10,12,17H,4,7,9,11H2,1-3H3,(H,19,21). The van der Waals surface area contributed by atoms with Crippen LogP contribution in [0, 0.1) is 0 Å². The van der Waals surface area contributed by atoms with Gasteiger partial charge in [-0.15, -0.1) is 0 Å². The molecule has 0 radical (unpaired) electrons. The van der Waals surface area contributed by atoms with Crippen molar-refractivity contribution in [2.24, 2.45) is 0 Å². The molecule has 0 atom stereocenters. The van der Waals surface area contributed by atoms with Gasteiger partial charge in [0.1, 0.15) is 12.2 Å². The molecule has 0 aromatic carbocycles. The fourth-order valence-corrected chi connectivity index (χ4v) is 2.38. The van der Waals surface area contributed by atoms with Crippen LogP contribution in [0.25, 0.3) is 11.0 Å². The minimum absolute atomic E-state index is 0.0145. The van der Waals surface area contributed by atoms with Crippen molar-refractivity contribution in [2.45, 2.75) is 46.3 Å². The Bertz CT molecular complexity index is 603. The Morgan fingerprint density at radius 1 is 1.43 bits per heavy atom. The largest absolute Gasteiger partial charge is 0.352 e. The van der Waals surface area contributed by atoms with Gasteiger partial charge in [-0.1, -0.05) is 6.92 Å². The molecular formula is C16H24N4O. The molecule has 2 heterocycles. The summed E-state index contributed by atoms with van der Waals surface area (Å²) in [4.78, 5) is 16.4. The molecule has 2 aromatic rings. The number of rotatable bonds is 7. The van der Waals surface area contributed by atoms with E-state index in [1.165, 1.54) is 5.56 Å². The number of nitrogens with one attached hydrogen (secondary N) is 2. The number of hydrogen-bond acceptors (Lipinski definition) is 3. The number of hydrogen-bond donors (Lipinski definition) is 2. The van der Waals surface area contributed by atoms with Crippen molar-refractivity contribution in [3.63, 3.8) is 0 Å². The fraction of sp³-hybridized carbons (Fsp3) is 0.500. The number of carbonyl (C=O) groups excluding carboxylic acids is 1. The lowest BCUT2D eigenvalue weighted by atomic mass is 10.2. The number of nitrogens with zero attached hydrogens (tertiary/aromatic N) is 2. The smallest absolute Gasteiger partial charge is 0.240 e. The van der Waals surface area contributed by atoms with Crippen LogP contribution in [0.3, 0.4) is 0 Å². The molecule has 2 N–H and O–H groups in total. The summed E-state index contributed by atoms with van der Waals surface area (Å²) >= 11 is 0. The lowest BCUT2D eigenvalue weighted by molar-refractivity contribution is -0.122. The van der Waals surface area contributed by atoms with Gasteiger partial charge >= 0.3 is 0 Å². The number of fused-ring (bicyclic) bond motifs is 1. The van der Waals surface area contributed by atoms with E-state index in [1.54, 1.807) is 6.20 Å². The molecule has 5 nitrogen and oxygen atoms in total. The summed E-state index contributed by atoms with van der Waals surface area (Å²) in [5, 5.41) is 7.42. The van der Waals surface area contributed by atoms with Crippen LogP contribution in [-0.4, -0.2) is 28.0 Å². The molecule has 0 aliphatic rings. The van der Waals surface area contributed by atoms with Gasteiger partial charge < -0.3 is 15.2 Å².